The molecule has 204 valence electrons. The number of hydrogen-bond donors (Lipinski definition) is 2. The van der Waals surface area contributed by atoms with E-state index in [9.17, 15) is 24.1 Å². The molecule has 1 saturated heterocycles. The number of esters is 1. The van der Waals surface area contributed by atoms with Crippen LogP contribution in [0.4, 0.5) is 4.39 Å². The second-order valence-corrected chi connectivity index (χ2v) is 11.6. The van der Waals surface area contributed by atoms with E-state index >= 15 is 4.39 Å². The molecule has 6 atom stereocenters. The summed E-state index contributed by atoms with van der Waals surface area (Å²) in [4.78, 5) is 35.1. The summed E-state index contributed by atoms with van der Waals surface area (Å²) in [6.45, 7) is 4.68. The number of hydrogen-bond acceptors (Lipinski definition) is 9. The van der Waals surface area contributed by atoms with Crippen LogP contribution in [0.1, 0.15) is 34.1 Å². The van der Waals surface area contributed by atoms with E-state index in [2.05, 4.69) is 5.09 Å². The lowest BCUT2D eigenvalue weighted by Crippen LogP contribution is -2.51. The number of carbonyl (C=O) groups excluding carboxylic acids is 3. The van der Waals surface area contributed by atoms with E-state index in [4.69, 9.17) is 30.1 Å². The lowest BCUT2D eigenvalue weighted by molar-refractivity contribution is -0.209. The quantitative estimate of drug-likeness (QED) is 0.189. The Morgan fingerprint density at radius 3 is 2.57 bits per heavy atom. The fraction of sp³-hybridized carbons (Fsp3) is 0.522. The molecule has 0 radical (unpaired) electrons. The number of ether oxygens (including phenoxy) is 2. The molecular formula is C23H29ClFN2O9P. The first-order chi connectivity index (χ1) is 17.2. The largest absolute Gasteiger partial charge is 0.462 e. The van der Waals surface area contributed by atoms with E-state index in [0.717, 1.165) is 17.2 Å². The van der Waals surface area contributed by atoms with Gasteiger partial charge in [0.15, 0.2) is 12.0 Å². The van der Waals surface area contributed by atoms with Crippen LogP contribution in [-0.4, -0.2) is 69.5 Å². The molecule has 3 rings (SSSR count). The molecule has 0 bridgehead atoms. The maximum absolute atomic E-state index is 15.9. The summed E-state index contributed by atoms with van der Waals surface area (Å²) < 4.78 is 50.8. The van der Waals surface area contributed by atoms with Crippen molar-refractivity contribution in [2.24, 2.45) is 0 Å². The molecule has 0 aromatic heterocycles. The van der Waals surface area contributed by atoms with E-state index in [0.29, 0.717) is 0 Å². The minimum Gasteiger partial charge on any atom is -0.462 e. The van der Waals surface area contributed by atoms with Crippen LogP contribution in [0.15, 0.2) is 42.6 Å². The molecule has 2 N–H and O–H groups in total. The molecule has 37 heavy (non-hydrogen) atoms. The highest BCUT2D eigenvalue weighted by molar-refractivity contribution is 7.52. The number of benzene rings is 1. The third-order valence-electron chi connectivity index (χ3n) is 5.48. The van der Waals surface area contributed by atoms with Crippen LogP contribution in [0.25, 0.3) is 0 Å². The summed E-state index contributed by atoms with van der Waals surface area (Å²) in [6, 6.07) is 6.59. The molecule has 0 saturated carbocycles. The van der Waals surface area contributed by atoms with Crippen molar-refractivity contribution in [3.63, 3.8) is 0 Å². The van der Waals surface area contributed by atoms with E-state index in [1.807, 2.05) is 0 Å². The molecule has 1 aromatic carbocycles. The van der Waals surface area contributed by atoms with E-state index < -0.39 is 73.6 Å². The molecule has 1 unspecified atom stereocenters. The van der Waals surface area contributed by atoms with Gasteiger partial charge in [0, 0.05) is 6.20 Å². The number of rotatable bonds is 10. The van der Waals surface area contributed by atoms with Gasteiger partial charge < -0.3 is 19.1 Å². The number of para-hydroxylation sites is 1. The minimum atomic E-state index is -4.49. The van der Waals surface area contributed by atoms with E-state index in [-0.39, 0.29) is 5.75 Å². The third kappa shape index (κ3) is 6.76. The molecule has 0 spiro atoms. The number of ketones is 1. The smallest absolute Gasteiger partial charge is 0.459 e. The van der Waals surface area contributed by atoms with Crippen LogP contribution in [0, 0.1) is 0 Å². The second-order valence-electron chi connectivity index (χ2n) is 9.08. The summed E-state index contributed by atoms with van der Waals surface area (Å²) in [6.07, 6.45) is -2.35. The highest BCUT2D eigenvalue weighted by Crippen LogP contribution is 2.50. The molecule has 2 aliphatic rings. The summed E-state index contributed by atoms with van der Waals surface area (Å²) in [5.41, 5.74) is 0. The van der Waals surface area contributed by atoms with Crippen LogP contribution in [0.2, 0.25) is 0 Å². The number of nitrogens with one attached hydrogen (secondary N) is 1. The van der Waals surface area contributed by atoms with Crippen LogP contribution in [0.3, 0.4) is 0 Å². The third-order valence-corrected chi connectivity index (χ3v) is 7.49. The van der Waals surface area contributed by atoms with E-state index in [1.165, 1.54) is 26.0 Å². The van der Waals surface area contributed by atoms with Gasteiger partial charge in [0.1, 0.15) is 29.4 Å². The molecule has 1 amide bonds. The maximum atomic E-state index is 15.9. The second kappa shape index (κ2) is 11.2. The van der Waals surface area contributed by atoms with Crippen molar-refractivity contribution in [1.29, 1.82) is 0 Å². The molecule has 14 heteroatoms. The zero-order valence-electron chi connectivity index (χ0n) is 20.6. The topological polar surface area (TPSA) is 141 Å². The highest BCUT2D eigenvalue weighted by atomic mass is 35.5. The van der Waals surface area contributed by atoms with Gasteiger partial charge in [-0.1, -0.05) is 18.2 Å². The first kappa shape index (κ1) is 29.2. The lowest BCUT2D eigenvalue weighted by atomic mass is 9.98. The first-order valence-electron chi connectivity index (χ1n) is 11.4. The summed E-state index contributed by atoms with van der Waals surface area (Å²) >= 11 is 6.40. The number of allylic oxidation sites excluding steroid dienone is 1. The van der Waals surface area contributed by atoms with Crippen LogP contribution in [-0.2, 0) is 32.9 Å². The van der Waals surface area contributed by atoms with Gasteiger partial charge in [-0.15, -0.1) is 11.6 Å². The molecular weight excluding hydrogens is 534 g/mol. The van der Waals surface area contributed by atoms with Gasteiger partial charge in [0.25, 0.3) is 5.85 Å². The van der Waals surface area contributed by atoms with Gasteiger partial charge in [0.05, 0.1) is 12.5 Å². The Hall–Kier alpha value is -2.34. The Bertz CT molecular complexity index is 1100. The predicted molar refractivity (Wildman–Crippen MR) is 129 cm³/mol. The van der Waals surface area contributed by atoms with Gasteiger partial charge in [-0.25, -0.2) is 8.96 Å². The number of carbonyl (C=O) groups is 3. The Labute approximate surface area is 218 Å². The number of aliphatic hydroxyl groups is 1. The first-order valence-corrected chi connectivity index (χ1v) is 13.3. The molecule has 11 nitrogen and oxygen atoms in total. The predicted octanol–water partition coefficient (Wildman–Crippen LogP) is 2.82. The molecule has 1 fully saturated rings. The Morgan fingerprint density at radius 2 is 1.97 bits per heavy atom. The Morgan fingerprint density at radius 1 is 1.32 bits per heavy atom. The number of aliphatic hydroxyl groups excluding tert-OH is 1. The Balaban J connectivity index is 1.82. The minimum absolute atomic E-state index is 0.0809. The van der Waals surface area contributed by atoms with Gasteiger partial charge in [-0.05, 0) is 45.9 Å². The van der Waals surface area contributed by atoms with Gasteiger partial charge >= 0.3 is 13.7 Å². The molecule has 0 aliphatic carbocycles. The van der Waals surface area contributed by atoms with Crippen LogP contribution >= 0.6 is 19.3 Å². The zero-order chi connectivity index (χ0) is 27.6. The summed E-state index contributed by atoms with van der Waals surface area (Å²) in [5.74, 6) is -4.91. The van der Waals surface area contributed by atoms with Gasteiger partial charge in [0.2, 0.25) is 5.91 Å². The maximum Gasteiger partial charge on any atom is 0.459 e. The lowest BCUT2D eigenvalue weighted by Gasteiger charge is -2.33. The van der Waals surface area contributed by atoms with Crippen molar-refractivity contribution in [3.8, 4) is 5.75 Å². The van der Waals surface area contributed by atoms with Crippen LogP contribution < -0.4 is 9.61 Å². The molecule has 2 aliphatic heterocycles. The fourth-order valence-corrected chi connectivity index (χ4v) is 5.44. The average molecular weight is 563 g/mol. The van der Waals surface area contributed by atoms with Crippen molar-refractivity contribution in [3.05, 3.63) is 42.6 Å². The van der Waals surface area contributed by atoms with Crippen molar-refractivity contribution in [2.75, 3.05) is 6.61 Å². The number of nitrogens with zero attached hydrogens (tertiary/aromatic N) is 1. The number of amides is 1. The molecule has 2 heterocycles. The van der Waals surface area contributed by atoms with Gasteiger partial charge in [-0.3, -0.25) is 23.8 Å². The highest BCUT2D eigenvalue weighted by Gasteiger charge is 2.65. The monoisotopic (exact) mass is 562 g/mol. The van der Waals surface area contributed by atoms with Crippen molar-refractivity contribution < 1.29 is 47.0 Å². The zero-order valence-corrected chi connectivity index (χ0v) is 22.3. The van der Waals surface area contributed by atoms with Crippen LogP contribution in [0.5, 0.6) is 5.75 Å². The summed E-state index contributed by atoms with van der Waals surface area (Å²) in [5, 5.41) is 13.1. The van der Waals surface area contributed by atoms with Crippen molar-refractivity contribution in [1.82, 2.24) is 9.99 Å². The SMILES string of the molecule is CC(C)OC(=O)[C@H](C)NP(=O)(OC[C@@]1(F)O[C@@H](N2C=CC(=O)CC2=O)[C@](C)(Cl)[C@@H]1O)Oc1ccccc1. The average Bonchev–Trinajstić information content (AvgIpc) is 2.98. The summed E-state index contributed by atoms with van der Waals surface area (Å²) in [7, 11) is -4.49. The normalized spacial score (nSPS) is 30.3. The van der Waals surface area contributed by atoms with Crippen molar-refractivity contribution in [2.45, 2.75) is 69.3 Å². The number of alkyl halides is 2. The molecule has 1 aromatic rings. The number of halogens is 2. The Kier molecular flexibility index (Phi) is 8.83. The fourth-order valence-electron chi connectivity index (χ4n) is 3.63. The van der Waals surface area contributed by atoms with Gasteiger partial charge in [-0.2, -0.15) is 5.09 Å². The van der Waals surface area contributed by atoms with E-state index in [1.54, 1.807) is 32.0 Å². The van der Waals surface area contributed by atoms with Crippen molar-refractivity contribution >= 4 is 37.0 Å². The standard InChI is InChI=1S/C23H29ClFN2O9P/c1-14(2)34-19(30)15(3)26-37(32,36-17-8-6-5-7-9-17)33-13-23(25)20(31)22(4,24)21(35-23)27-11-10-16(28)12-18(27)29/h5-11,14-15,20-21,31H,12-13H2,1-4H3,(H,26,32)/t15-,20-,21+,22+,23+,37?/m0/s1.